The van der Waals surface area contributed by atoms with E-state index in [9.17, 15) is 4.79 Å². The molecule has 0 N–H and O–H groups in total. The lowest BCUT2D eigenvalue weighted by molar-refractivity contribution is -0.152. The van der Waals surface area contributed by atoms with Crippen LogP contribution in [0.5, 0.6) is 0 Å². The van der Waals surface area contributed by atoms with Crippen molar-refractivity contribution in [2.24, 2.45) is 23.7 Å². The summed E-state index contributed by atoms with van der Waals surface area (Å²) in [5.41, 5.74) is 7.76. The molecule has 1 fully saturated rings. The lowest BCUT2D eigenvalue weighted by Crippen LogP contribution is -2.36. The number of carbonyl (C=O) groups is 1. The summed E-state index contributed by atoms with van der Waals surface area (Å²) in [6.07, 6.45) is 11.4. The van der Waals surface area contributed by atoms with E-state index in [1.807, 2.05) is 0 Å². The van der Waals surface area contributed by atoms with Crippen LogP contribution < -0.4 is 0 Å². The summed E-state index contributed by atoms with van der Waals surface area (Å²) in [6.45, 7) is 11.4. The first-order valence-corrected chi connectivity index (χ1v) is 14.0. The maximum absolute atomic E-state index is 13.8. The smallest absolute Gasteiger partial charge is 0.309 e. The predicted octanol–water partition coefficient (Wildman–Crippen LogP) is 9.11. The summed E-state index contributed by atoms with van der Waals surface area (Å²) in [6, 6.07) is 17.1. The first-order valence-electron chi connectivity index (χ1n) is 14.0. The Hall–Kier alpha value is -2.61. The van der Waals surface area contributed by atoms with Crippen LogP contribution in [0, 0.1) is 23.7 Å². The minimum absolute atomic E-state index is 0.000626. The number of allylic oxidation sites excluding steroid dienone is 4. The number of esters is 1. The maximum atomic E-state index is 13.8. The van der Waals surface area contributed by atoms with Crippen LogP contribution in [0.2, 0.25) is 0 Å². The van der Waals surface area contributed by atoms with Gasteiger partial charge in [-0.15, -0.1) is 0 Å². The highest BCUT2D eigenvalue weighted by atomic mass is 16.5. The number of ether oxygens (including phenoxy) is 1. The zero-order valence-electron chi connectivity index (χ0n) is 22.9. The van der Waals surface area contributed by atoms with Crippen molar-refractivity contribution in [3.63, 3.8) is 0 Å². The number of fused-ring (bicyclic) bond motifs is 3. The van der Waals surface area contributed by atoms with Crippen molar-refractivity contribution in [2.75, 3.05) is 6.61 Å². The summed E-state index contributed by atoms with van der Waals surface area (Å²) in [4.78, 5) is 13.8. The Morgan fingerprint density at radius 3 is 1.94 bits per heavy atom. The minimum Gasteiger partial charge on any atom is -0.464 e. The Labute approximate surface area is 218 Å². The molecular weight excluding hydrogens is 440 g/mol. The van der Waals surface area contributed by atoms with Crippen molar-refractivity contribution in [1.29, 1.82) is 0 Å². The van der Waals surface area contributed by atoms with E-state index in [0.29, 0.717) is 24.4 Å². The van der Waals surface area contributed by atoms with E-state index in [-0.39, 0.29) is 17.8 Å². The van der Waals surface area contributed by atoms with E-state index in [2.05, 4.69) is 95.3 Å². The fraction of sp³-hybridized carbons (Fsp3) is 0.500. The molecule has 0 saturated heterocycles. The maximum Gasteiger partial charge on any atom is 0.309 e. The molecule has 0 aliphatic heterocycles. The Morgan fingerprint density at radius 1 is 0.833 bits per heavy atom. The molecule has 1 saturated carbocycles. The van der Waals surface area contributed by atoms with Crippen molar-refractivity contribution in [3.05, 3.63) is 83.0 Å². The molecule has 2 nitrogen and oxygen atoms in total. The standard InChI is InChI=1S/C34H44O2/c1-23(2)18-20-25(5)26-12-6-7-13-27(26)32(21-19-24(3)4)34(35)36-22-33-30-16-10-8-14-28(30)29-15-9-11-17-31(29)33/h8-11,14-19,25-27,32-33H,6-7,12-13,20-22H2,1-5H3. The predicted molar refractivity (Wildman–Crippen MR) is 151 cm³/mol. The van der Waals surface area contributed by atoms with Crippen molar-refractivity contribution in [2.45, 2.75) is 79.1 Å². The van der Waals surface area contributed by atoms with Crippen LogP contribution in [0.1, 0.15) is 90.2 Å². The van der Waals surface area contributed by atoms with Gasteiger partial charge in [-0.05, 0) is 93.4 Å². The summed E-state index contributed by atoms with van der Waals surface area (Å²) >= 11 is 0. The first kappa shape index (κ1) is 26.5. The number of rotatable bonds is 9. The second-order valence-electron chi connectivity index (χ2n) is 11.6. The van der Waals surface area contributed by atoms with Crippen LogP contribution in [-0.2, 0) is 9.53 Å². The highest BCUT2D eigenvalue weighted by Crippen LogP contribution is 2.46. The molecule has 0 heterocycles. The molecule has 36 heavy (non-hydrogen) atoms. The molecule has 4 unspecified atom stereocenters. The summed E-state index contributed by atoms with van der Waals surface area (Å²) in [5.74, 6) is 1.60. The van der Waals surface area contributed by atoms with Gasteiger partial charge in [0, 0.05) is 5.92 Å². The van der Waals surface area contributed by atoms with Crippen molar-refractivity contribution in [3.8, 4) is 11.1 Å². The average molecular weight is 485 g/mol. The molecule has 2 aromatic carbocycles. The summed E-state index contributed by atoms with van der Waals surface area (Å²) < 4.78 is 6.23. The lowest BCUT2D eigenvalue weighted by atomic mass is 9.66. The van der Waals surface area contributed by atoms with E-state index >= 15 is 0 Å². The van der Waals surface area contributed by atoms with Crippen LogP contribution >= 0.6 is 0 Å². The highest BCUT2D eigenvalue weighted by Gasteiger charge is 2.39. The fourth-order valence-electron chi connectivity index (χ4n) is 6.51. The van der Waals surface area contributed by atoms with E-state index in [1.54, 1.807) is 0 Å². The molecule has 4 rings (SSSR count). The Morgan fingerprint density at radius 2 is 1.36 bits per heavy atom. The van der Waals surface area contributed by atoms with E-state index in [1.165, 1.54) is 52.7 Å². The summed E-state index contributed by atoms with van der Waals surface area (Å²) in [5, 5.41) is 0. The van der Waals surface area contributed by atoms with Gasteiger partial charge in [0.1, 0.15) is 6.61 Å². The average Bonchev–Trinajstić information content (AvgIpc) is 3.20. The zero-order chi connectivity index (χ0) is 25.7. The molecule has 2 heteroatoms. The fourth-order valence-corrected chi connectivity index (χ4v) is 6.51. The molecule has 192 valence electrons. The molecule has 0 spiro atoms. The molecule has 2 aromatic rings. The minimum atomic E-state index is -0.0637. The van der Waals surface area contributed by atoms with Gasteiger partial charge in [-0.3, -0.25) is 4.79 Å². The molecule has 2 aliphatic carbocycles. The van der Waals surface area contributed by atoms with Gasteiger partial charge >= 0.3 is 5.97 Å². The van der Waals surface area contributed by atoms with Gasteiger partial charge in [0.05, 0.1) is 5.92 Å². The monoisotopic (exact) mass is 484 g/mol. The van der Waals surface area contributed by atoms with Crippen molar-refractivity contribution >= 4 is 5.97 Å². The Balaban J connectivity index is 1.54. The second kappa shape index (κ2) is 12.1. The third-order valence-electron chi connectivity index (χ3n) is 8.46. The van der Waals surface area contributed by atoms with Gasteiger partial charge in [-0.2, -0.15) is 0 Å². The SMILES string of the molecule is CC(C)=CCC(C)C1CCCCC1C(CC=C(C)C)C(=O)OCC1c2ccccc2-c2ccccc21. The lowest BCUT2D eigenvalue weighted by Gasteiger charge is -2.39. The molecule has 0 amide bonds. The molecular formula is C34H44O2. The Bertz CT molecular complexity index is 1050. The van der Waals surface area contributed by atoms with Crippen LogP contribution in [-0.4, -0.2) is 12.6 Å². The van der Waals surface area contributed by atoms with Gasteiger partial charge in [0.2, 0.25) is 0 Å². The van der Waals surface area contributed by atoms with Gasteiger partial charge in [-0.25, -0.2) is 0 Å². The van der Waals surface area contributed by atoms with Crippen LogP contribution in [0.25, 0.3) is 11.1 Å². The molecule has 4 atom stereocenters. The molecule has 2 aliphatic rings. The van der Waals surface area contributed by atoms with Gasteiger partial charge < -0.3 is 4.74 Å². The van der Waals surface area contributed by atoms with Crippen LogP contribution in [0.15, 0.2) is 71.8 Å². The Kier molecular flexibility index (Phi) is 8.88. The largest absolute Gasteiger partial charge is 0.464 e. The topological polar surface area (TPSA) is 26.3 Å². The van der Waals surface area contributed by atoms with Crippen molar-refractivity contribution in [1.82, 2.24) is 0 Å². The highest BCUT2D eigenvalue weighted by molar-refractivity contribution is 5.79. The number of hydrogen-bond donors (Lipinski definition) is 0. The second-order valence-corrected chi connectivity index (χ2v) is 11.6. The van der Waals surface area contributed by atoms with Gasteiger partial charge in [0.15, 0.2) is 0 Å². The third-order valence-corrected chi connectivity index (χ3v) is 8.46. The number of benzene rings is 2. The zero-order valence-corrected chi connectivity index (χ0v) is 22.9. The van der Waals surface area contributed by atoms with E-state index < -0.39 is 0 Å². The molecule has 0 aromatic heterocycles. The molecule has 0 bridgehead atoms. The number of carbonyl (C=O) groups excluding carboxylic acids is 1. The third kappa shape index (κ3) is 6.02. The molecule has 0 radical (unpaired) electrons. The quantitative estimate of drug-likeness (QED) is 0.262. The normalized spacial score (nSPS) is 20.6. The van der Waals surface area contributed by atoms with Gasteiger partial charge in [-0.1, -0.05) is 91.6 Å². The van der Waals surface area contributed by atoms with E-state index in [4.69, 9.17) is 4.74 Å². The first-order chi connectivity index (χ1) is 17.4. The van der Waals surface area contributed by atoms with Crippen molar-refractivity contribution < 1.29 is 9.53 Å². The van der Waals surface area contributed by atoms with Crippen LogP contribution in [0.4, 0.5) is 0 Å². The summed E-state index contributed by atoms with van der Waals surface area (Å²) in [7, 11) is 0. The van der Waals surface area contributed by atoms with E-state index in [0.717, 1.165) is 19.3 Å². The number of hydrogen-bond acceptors (Lipinski definition) is 2. The van der Waals surface area contributed by atoms with Gasteiger partial charge in [0.25, 0.3) is 0 Å². The van der Waals surface area contributed by atoms with Crippen LogP contribution in [0.3, 0.4) is 0 Å².